The normalized spacial score (nSPS) is 8.82. The summed E-state index contributed by atoms with van der Waals surface area (Å²) >= 11 is 0. The zero-order valence-electron chi connectivity index (χ0n) is 5.63. The van der Waals surface area contributed by atoms with E-state index in [0.717, 1.165) is 6.20 Å². The smallest absolute Gasteiger partial charge is 0.155 e. The number of nitrogen functional groups attached to an aromatic ring is 1. The van der Waals surface area contributed by atoms with Crippen molar-refractivity contribution in [3.05, 3.63) is 23.6 Å². The summed E-state index contributed by atoms with van der Waals surface area (Å²) in [6, 6.07) is 1.18. The van der Waals surface area contributed by atoms with Crippen LogP contribution in [0.1, 0.15) is 5.56 Å². The van der Waals surface area contributed by atoms with Crippen molar-refractivity contribution in [3.8, 4) is 12.3 Å². The molecule has 11 heavy (non-hydrogen) atoms. The average Bonchev–Trinajstić information content (AvgIpc) is 2.04. The van der Waals surface area contributed by atoms with Gasteiger partial charge in [-0.1, -0.05) is 5.92 Å². The van der Waals surface area contributed by atoms with Crippen molar-refractivity contribution >= 4 is 5.82 Å². The van der Waals surface area contributed by atoms with Gasteiger partial charge in [-0.2, -0.15) is 0 Å². The van der Waals surface area contributed by atoms with Gasteiger partial charge in [0.2, 0.25) is 0 Å². The third kappa shape index (κ3) is 1.45. The van der Waals surface area contributed by atoms with E-state index in [1.54, 1.807) is 0 Å². The number of pyridine rings is 1. The minimum atomic E-state index is -0.475. The molecular formula is C7H6FN3. The first-order chi connectivity index (χ1) is 5.27. The largest absolute Gasteiger partial charge is 0.307 e. The van der Waals surface area contributed by atoms with Crippen molar-refractivity contribution in [2.24, 2.45) is 5.84 Å². The summed E-state index contributed by atoms with van der Waals surface area (Å²) in [5.41, 5.74) is 2.57. The number of halogens is 1. The fourth-order valence-electron chi connectivity index (χ4n) is 0.664. The second kappa shape index (κ2) is 2.99. The van der Waals surface area contributed by atoms with Crippen molar-refractivity contribution in [3.63, 3.8) is 0 Å². The summed E-state index contributed by atoms with van der Waals surface area (Å²) in [5, 5.41) is 0. The van der Waals surface area contributed by atoms with Crippen LogP contribution in [0, 0.1) is 18.2 Å². The highest BCUT2D eigenvalue weighted by atomic mass is 19.1. The van der Waals surface area contributed by atoms with Crippen molar-refractivity contribution in [2.75, 3.05) is 5.43 Å². The van der Waals surface area contributed by atoms with Crippen LogP contribution in [0.15, 0.2) is 12.3 Å². The van der Waals surface area contributed by atoms with Crippen molar-refractivity contribution in [1.29, 1.82) is 0 Å². The molecule has 0 aliphatic carbocycles. The first-order valence-corrected chi connectivity index (χ1v) is 2.86. The molecule has 0 aliphatic rings. The molecule has 0 radical (unpaired) electrons. The molecule has 1 aromatic rings. The highest BCUT2D eigenvalue weighted by Crippen LogP contribution is 2.09. The van der Waals surface area contributed by atoms with Crippen LogP contribution in [0.5, 0.6) is 0 Å². The van der Waals surface area contributed by atoms with Crippen LogP contribution in [-0.4, -0.2) is 4.98 Å². The first kappa shape index (κ1) is 7.51. The predicted octanol–water partition coefficient (Wildman–Crippen LogP) is 0.488. The van der Waals surface area contributed by atoms with E-state index in [4.69, 9.17) is 12.3 Å². The molecule has 0 unspecified atom stereocenters. The van der Waals surface area contributed by atoms with Gasteiger partial charge in [0, 0.05) is 0 Å². The summed E-state index contributed by atoms with van der Waals surface area (Å²) in [7, 11) is 0. The fourth-order valence-corrected chi connectivity index (χ4v) is 0.664. The summed E-state index contributed by atoms with van der Waals surface area (Å²) in [4.78, 5) is 3.61. The van der Waals surface area contributed by atoms with Gasteiger partial charge in [0.05, 0.1) is 11.8 Å². The van der Waals surface area contributed by atoms with Crippen molar-refractivity contribution in [2.45, 2.75) is 0 Å². The Morgan fingerprint density at radius 1 is 1.73 bits per heavy atom. The molecule has 0 atom stereocenters. The Morgan fingerprint density at radius 3 is 3.00 bits per heavy atom. The second-order valence-corrected chi connectivity index (χ2v) is 1.84. The van der Waals surface area contributed by atoms with Crippen LogP contribution >= 0.6 is 0 Å². The fraction of sp³-hybridized carbons (Fsp3) is 0. The minimum Gasteiger partial charge on any atom is -0.307 e. The highest BCUT2D eigenvalue weighted by molar-refractivity contribution is 5.51. The Hall–Kier alpha value is -1.60. The molecule has 56 valence electrons. The molecule has 1 rings (SSSR count). The summed E-state index contributed by atoms with van der Waals surface area (Å²) in [6.45, 7) is 0. The number of terminal acetylenes is 1. The zero-order valence-corrected chi connectivity index (χ0v) is 5.63. The van der Waals surface area contributed by atoms with E-state index in [9.17, 15) is 4.39 Å². The Balaban J connectivity index is 3.19. The number of nitrogens with one attached hydrogen (secondary N) is 1. The second-order valence-electron chi connectivity index (χ2n) is 1.84. The van der Waals surface area contributed by atoms with E-state index < -0.39 is 5.82 Å². The number of rotatable bonds is 1. The lowest BCUT2D eigenvalue weighted by atomic mass is 10.3. The molecule has 0 saturated carbocycles. The number of hydrazine groups is 1. The average molecular weight is 151 g/mol. The molecule has 0 spiro atoms. The molecule has 0 fully saturated rings. The maximum atomic E-state index is 12.4. The predicted molar refractivity (Wildman–Crippen MR) is 39.9 cm³/mol. The highest BCUT2D eigenvalue weighted by Gasteiger charge is 2.00. The van der Waals surface area contributed by atoms with E-state index in [-0.39, 0.29) is 0 Å². The van der Waals surface area contributed by atoms with E-state index in [1.165, 1.54) is 6.07 Å². The van der Waals surface area contributed by atoms with Crippen LogP contribution in [0.3, 0.4) is 0 Å². The van der Waals surface area contributed by atoms with E-state index in [2.05, 4.69) is 16.3 Å². The number of anilines is 1. The first-order valence-electron chi connectivity index (χ1n) is 2.86. The van der Waals surface area contributed by atoms with Crippen LogP contribution in [0.25, 0.3) is 0 Å². The lowest BCUT2D eigenvalue weighted by molar-refractivity contribution is 0.621. The van der Waals surface area contributed by atoms with E-state index in [1.807, 2.05) is 0 Å². The van der Waals surface area contributed by atoms with Crippen LogP contribution in [0.4, 0.5) is 10.2 Å². The number of nitrogens with two attached hydrogens (primary N) is 1. The molecule has 0 amide bonds. The Bertz CT molecular complexity index is 303. The SMILES string of the molecule is C#Cc1cc(F)cnc1NN. The van der Waals surface area contributed by atoms with Gasteiger partial charge in [-0.3, -0.25) is 0 Å². The van der Waals surface area contributed by atoms with Crippen LogP contribution in [0.2, 0.25) is 0 Å². The van der Waals surface area contributed by atoms with Gasteiger partial charge in [0.15, 0.2) is 5.82 Å². The molecule has 1 heterocycles. The van der Waals surface area contributed by atoms with Gasteiger partial charge in [0.25, 0.3) is 0 Å². The number of nitrogens with zero attached hydrogens (tertiary/aromatic N) is 1. The summed E-state index contributed by atoms with van der Waals surface area (Å²) < 4.78 is 12.4. The number of aromatic nitrogens is 1. The minimum absolute atomic E-state index is 0.300. The van der Waals surface area contributed by atoms with Crippen LogP contribution in [-0.2, 0) is 0 Å². The summed E-state index contributed by atoms with van der Waals surface area (Å²) in [6.07, 6.45) is 6.08. The molecule has 3 N–H and O–H groups in total. The Kier molecular flexibility index (Phi) is 2.04. The van der Waals surface area contributed by atoms with Gasteiger partial charge in [-0.15, -0.1) is 6.42 Å². The monoisotopic (exact) mass is 151 g/mol. The molecule has 0 bridgehead atoms. The van der Waals surface area contributed by atoms with Gasteiger partial charge in [-0.05, 0) is 6.07 Å². The third-order valence-corrected chi connectivity index (χ3v) is 1.15. The molecule has 3 nitrogen and oxygen atoms in total. The topological polar surface area (TPSA) is 50.9 Å². The Morgan fingerprint density at radius 2 is 2.45 bits per heavy atom. The Labute approximate surface area is 63.4 Å². The maximum absolute atomic E-state index is 12.4. The molecule has 0 saturated heterocycles. The van der Waals surface area contributed by atoms with Crippen LogP contribution < -0.4 is 11.3 Å². The molecule has 0 aliphatic heterocycles. The number of hydrogen-bond donors (Lipinski definition) is 2. The van der Waals surface area contributed by atoms with Gasteiger partial charge < -0.3 is 5.43 Å². The lowest BCUT2D eigenvalue weighted by Gasteiger charge is -2.00. The van der Waals surface area contributed by atoms with E-state index >= 15 is 0 Å². The zero-order chi connectivity index (χ0) is 8.27. The van der Waals surface area contributed by atoms with Gasteiger partial charge in [0.1, 0.15) is 5.82 Å². The molecule has 0 aromatic carbocycles. The lowest BCUT2D eigenvalue weighted by Crippen LogP contribution is -2.10. The van der Waals surface area contributed by atoms with Crippen molar-refractivity contribution in [1.82, 2.24) is 4.98 Å². The van der Waals surface area contributed by atoms with Gasteiger partial charge >= 0.3 is 0 Å². The summed E-state index contributed by atoms with van der Waals surface area (Å²) in [5.74, 6) is 7.11. The van der Waals surface area contributed by atoms with Gasteiger partial charge in [-0.25, -0.2) is 15.2 Å². The van der Waals surface area contributed by atoms with E-state index in [0.29, 0.717) is 11.4 Å². The third-order valence-electron chi connectivity index (χ3n) is 1.15. The standard InChI is InChI=1S/C7H6FN3/c1-2-5-3-6(8)4-10-7(5)11-9/h1,3-4H,9H2,(H,10,11). The molecule has 1 aromatic heterocycles. The number of hydrogen-bond acceptors (Lipinski definition) is 3. The van der Waals surface area contributed by atoms with Crippen molar-refractivity contribution < 1.29 is 4.39 Å². The molecular weight excluding hydrogens is 145 g/mol. The quantitative estimate of drug-likeness (QED) is 0.349. The maximum Gasteiger partial charge on any atom is 0.155 e. The molecule has 4 heteroatoms.